The fourth-order valence-electron chi connectivity index (χ4n) is 1.48. The highest BCUT2D eigenvalue weighted by atomic mass is 31.1. The van der Waals surface area contributed by atoms with E-state index in [-0.39, 0.29) is 6.54 Å². The van der Waals surface area contributed by atoms with Crippen LogP contribution in [0.5, 0.6) is 0 Å². The largest absolute Gasteiger partial charge is 0.480 e. The average Bonchev–Trinajstić information content (AvgIpc) is 2.38. The van der Waals surface area contributed by atoms with E-state index in [0.29, 0.717) is 7.92 Å². The third-order valence-corrected chi connectivity index (χ3v) is 5.50. The summed E-state index contributed by atoms with van der Waals surface area (Å²) in [7, 11) is 0.422. The van der Waals surface area contributed by atoms with Crippen LogP contribution in [0.1, 0.15) is 59.3 Å². The molecule has 0 aromatic carbocycles. The SMILES string of the molecule is CCCCP(CCCC)CCCC.NCC(=O)O. The van der Waals surface area contributed by atoms with Gasteiger partial charge in [-0.1, -0.05) is 40.0 Å². The van der Waals surface area contributed by atoms with Gasteiger partial charge in [0, 0.05) is 0 Å². The van der Waals surface area contributed by atoms with Gasteiger partial charge in [0.25, 0.3) is 0 Å². The number of carboxylic acid groups (broad SMARTS) is 1. The van der Waals surface area contributed by atoms with E-state index in [4.69, 9.17) is 5.11 Å². The lowest BCUT2D eigenvalue weighted by Gasteiger charge is -2.16. The number of carbonyl (C=O) groups is 1. The molecule has 0 aromatic heterocycles. The molecule has 0 atom stereocenters. The van der Waals surface area contributed by atoms with E-state index in [1.165, 1.54) is 38.5 Å². The zero-order valence-electron chi connectivity index (χ0n) is 12.5. The van der Waals surface area contributed by atoms with Crippen molar-refractivity contribution < 1.29 is 9.90 Å². The van der Waals surface area contributed by atoms with Gasteiger partial charge < -0.3 is 10.8 Å². The summed E-state index contributed by atoms with van der Waals surface area (Å²) in [5.41, 5.74) is 4.57. The Morgan fingerprint density at radius 2 is 1.22 bits per heavy atom. The zero-order valence-corrected chi connectivity index (χ0v) is 13.3. The summed E-state index contributed by atoms with van der Waals surface area (Å²) in [6, 6.07) is 0. The molecule has 0 aliphatic rings. The summed E-state index contributed by atoms with van der Waals surface area (Å²) < 4.78 is 0. The molecule has 3 nitrogen and oxygen atoms in total. The molecule has 0 rings (SSSR count). The van der Waals surface area contributed by atoms with E-state index in [9.17, 15) is 4.79 Å². The third kappa shape index (κ3) is 18.2. The number of carboxylic acids is 1. The lowest BCUT2D eigenvalue weighted by molar-refractivity contribution is -0.135. The van der Waals surface area contributed by atoms with E-state index in [1.54, 1.807) is 18.5 Å². The number of aliphatic carboxylic acids is 1. The van der Waals surface area contributed by atoms with Crippen molar-refractivity contribution in [2.24, 2.45) is 5.73 Å². The van der Waals surface area contributed by atoms with Crippen LogP contribution >= 0.6 is 7.92 Å². The Morgan fingerprint density at radius 1 is 0.944 bits per heavy atom. The quantitative estimate of drug-likeness (QED) is 0.595. The molecule has 0 bridgehead atoms. The van der Waals surface area contributed by atoms with Crippen LogP contribution in [0.4, 0.5) is 0 Å². The maximum absolute atomic E-state index is 9.24. The summed E-state index contributed by atoms with van der Waals surface area (Å²) in [6.07, 6.45) is 13.2. The fourth-order valence-corrected chi connectivity index (χ4v) is 4.44. The highest BCUT2D eigenvalue weighted by Gasteiger charge is 2.05. The molecule has 110 valence electrons. The second kappa shape index (κ2) is 16.9. The van der Waals surface area contributed by atoms with Crippen molar-refractivity contribution in [3.8, 4) is 0 Å². The number of hydrogen-bond acceptors (Lipinski definition) is 2. The van der Waals surface area contributed by atoms with Crippen LogP contribution in [-0.4, -0.2) is 36.1 Å². The van der Waals surface area contributed by atoms with Crippen molar-refractivity contribution in [3.63, 3.8) is 0 Å². The highest BCUT2D eigenvalue weighted by molar-refractivity contribution is 7.57. The van der Waals surface area contributed by atoms with Crippen LogP contribution in [0.15, 0.2) is 0 Å². The van der Waals surface area contributed by atoms with Gasteiger partial charge >= 0.3 is 5.97 Å². The van der Waals surface area contributed by atoms with Gasteiger partial charge in [0.1, 0.15) is 0 Å². The van der Waals surface area contributed by atoms with Crippen LogP contribution in [0.2, 0.25) is 0 Å². The number of rotatable bonds is 10. The zero-order chi connectivity index (χ0) is 14.2. The van der Waals surface area contributed by atoms with Crippen molar-refractivity contribution >= 4 is 13.9 Å². The van der Waals surface area contributed by atoms with Crippen LogP contribution in [0.25, 0.3) is 0 Å². The molecule has 0 heterocycles. The monoisotopic (exact) mass is 277 g/mol. The molecule has 0 saturated heterocycles. The Hall–Kier alpha value is -0.140. The molecule has 0 aliphatic carbocycles. The Labute approximate surface area is 114 Å². The Balaban J connectivity index is 0. The molecule has 3 N–H and O–H groups in total. The minimum atomic E-state index is -0.968. The topological polar surface area (TPSA) is 63.3 Å². The first-order valence-corrected chi connectivity index (χ1v) is 9.16. The lowest BCUT2D eigenvalue weighted by Crippen LogP contribution is -2.10. The van der Waals surface area contributed by atoms with Crippen molar-refractivity contribution in [1.82, 2.24) is 0 Å². The molecule has 4 heteroatoms. The maximum Gasteiger partial charge on any atom is 0.317 e. The molecule has 0 radical (unpaired) electrons. The van der Waals surface area contributed by atoms with Crippen molar-refractivity contribution in [1.29, 1.82) is 0 Å². The first-order valence-electron chi connectivity index (χ1n) is 7.26. The predicted molar refractivity (Wildman–Crippen MR) is 82.9 cm³/mol. The summed E-state index contributed by atoms with van der Waals surface area (Å²) in [4.78, 5) is 9.24. The second-order valence-electron chi connectivity index (χ2n) is 4.50. The lowest BCUT2D eigenvalue weighted by atomic mass is 10.4. The highest BCUT2D eigenvalue weighted by Crippen LogP contribution is 2.38. The molecule has 18 heavy (non-hydrogen) atoms. The summed E-state index contributed by atoms with van der Waals surface area (Å²) in [5, 5.41) is 7.60. The van der Waals surface area contributed by atoms with Gasteiger partial charge in [-0.05, 0) is 37.7 Å². The van der Waals surface area contributed by atoms with E-state index >= 15 is 0 Å². The molecule has 0 unspecified atom stereocenters. The standard InChI is InChI=1S/C12H27P.C2H5NO2/c1-4-7-10-13(11-8-5-2)12-9-6-3;3-1-2(4)5/h4-12H2,1-3H3;1,3H2,(H,4,5). The van der Waals surface area contributed by atoms with Gasteiger partial charge in [0.2, 0.25) is 0 Å². The van der Waals surface area contributed by atoms with Crippen molar-refractivity contribution in [2.45, 2.75) is 59.3 Å². The van der Waals surface area contributed by atoms with Gasteiger partial charge in [0.05, 0.1) is 6.54 Å². The maximum atomic E-state index is 9.24. The van der Waals surface area contributed by atoms with Gasteiger partial charge in [0.15, 0.2) is 0 Å². The third-order valence-electron chi connectivity index (χ3n) is 2.66. The number of hydrogen-bond donors (Lipinski definition) is 2. The summed E-state index contributed by atoms with van der Waals surface area (Å²) in [6.45, 7) is 6.66. The van der Waals surface area contributed by atoms with Gasteiger partial charge in [-0.3, -0.25) is 4.79 Å². The predicted octanol–water partition coefficient (Wildman–Crippen LogP) is 3.90. The fraction of sp³-hybridized carbons (Fsp3) is 0.929. The van der Waals surface area contributed by atoms with Crippen molar-refractivity contribution in [2.75, 3.05) is 25.0 Å². The molecule has 0 aliphatic heterocycles. The Kier molecular flexibility index (Phi) is 18.9. The molecular formula is C14H32NO2P. The Bertz CT molecular complexity index is 158. The number of unbranched alkanes of at least 4 members (excludes halogenated alkanes) is 3. The molecule has 0 amide bonds. The van der Waals surface area contributed by atoms with E-state index in [2.05, 4.69) is 26.5 Å². The molecule has 0 spiro atoms. The first kappa shape index (κ1) is 20.2. The van der Waals surface area contributed by atoms with Gasteiger partial charge in [-0.15, -0.1) is 7.92 Å². The van der Waals surface area contributed by atoms with Crippen LogP contribution in [-0.2, 0) is 4.79 Å². The van der Waals surface area contributed by atoms with Crippen LogP contribution in [0.3, 0.4) is 0 Å². The smallest absolute Gasteiger partial charge is 0.317 e. The minimum Gasteiger partial charge on any atom is -0.480 e. The minimum absolute atomic E-state index is 0.278. The van der Waals surface area contributed by atoms with Crippen molar-refractivity contribution in [3.05, 3.63) is 0 Å². The molecular weight excluding hydrogens is 245 g/mol. The van der Waals surface area contributed by atoms with Gasteiger partial charge in [-0.2, -0.15) is 0 Å². The normalized spacial score (nSPS) is 10.1. The second-order valence-corrected chi connectivity index (χ2v) is 7.18. The molecule has 0 saturated carbocycles. The molecule has 0 aromatic rings. The van der Waals surface area contributed by atoms with Crippen LogP contribution < -0.4 is 5.73 Å². The average molecular weight is 277 g/mol. The van der Waals surface area contributed by atoms with Gasteiger partial charge in [-0.25, -0.2) is 0 Å². The first-order chi connectivity index (χ1) is 8.62. The summed E-state index contributed by atoms with van der Waals surface area (Å²) >= 11 is 0. The Morgan fingerprint density at radius 3 is 1.39 bits per heavy atom. The summed E-state index contributed by atoms with van der Waals surface area (Å²) in [5.74, 6) is -0.968. The number of nitrogens with two attached hydrogens (primary N) is 1. The van der Waals surface area contributed by atoms with Crippen LogP contribution in [0, 0.1) is 0 Å². The van der Waals surface area contributed by atoms with E-state index in [1.807, 2.05) is 0 Å². The van der Waals surface area contributed by atoms with E-state index < -0.39 is 5.97 Å². The molecule has 0 fully saturated rings. The van der Waals surface area contributed by atoms with E-state index in [0.717, 1.165) is 0 Å².